The first-order valence-corrected chi connectivity index (χ1v) is 5.52. The van der Waals surface area contributed by atoms with Gasteiger partial charge in [0.25, 0.3) is 0 Å². The summed E-state index contributed by atoms with van der Waals surface area (Å²) in [5.41, 5.74) is 0.770. The van der Waals surface area contributed by atoms with Crippen molar-refractivity contribution in [1.82, 2.24) is 4.90 Å². The number of carboxylic acids is 1. The number of nitrogens with zero attached hydrogens (tertiary/aromatic N) is 1. The minimum Gasteiger partial charge on any atom is -0.480 e. The maximum absolute atomic E-state index is 11.8. The number of carboxylic acid groups (broad SMARTS) is 1. The van der Waals surface area contributed by atoms with E-state index in [1.165, 1.54) is 18.9 Å². The van der Waals surface area contributed by atoms with Crippen molar-refractivity contribution in [1.29, 1.82) is 0 Å². The summed E-state index contributed by atoms with van der Waals surface area (Å²) in [4.78, 5) is 23.7. The molecular weight excluding hydrogens is 242 g/mol. The SMILES string of the molecule is CC(C(=O)O)N(C)C(=O)Cc1cccc(Cl)c1. The van der Waals surface area contributed by atoms with Crippen molar-refractivity contribution in [3.8, 4) is 0 Å². The Kier molecular flexibility index (Phi) is 4.52. The van der Waals surface area contributed by atoms with Gasteiger partial charge in [0.15, 0.2) is 0 Å². The van der Waals surface area contributed by atoms with Crippen LogP contribution in [0.15, 0.2) is 24.3 Å². The molecule has 0 bridgehead atoms. The number of carbonyl (C=O) groups excluding carboxylic acids is 1. The Morgan fingerprint density at radius 3 is 2.65 bits per heavy atom. The lowest BCUT2D eigenvalue weighted by atomic mass is 10.1. The lowest BCUT2D eigenvalue weighted by Gasteiger charge is -2.21. The van der Waals surface area contributed by atoms with Crippen LogP contribution in [0.25, 0.3) is 0 Å². The van der Waals surface area contributed by atoms with Crippen LogP contribution >= 0.6 is 11.6 Å². The minimum atomic E-state index is -1.02. The molecule has 1 N–H and O–H groups in total. The van der Waals surface area contributed by atoms with Crippen molar-refractivity contribution >= 4 is 23.5 Å². The number of aliphatic carboxylic acids is 1. The molecular formula is C12H14ClNO3. The quantitative estimate of drug-likeness (QED) is 0.893. The molecule has 5 heteroatoms. The van der Waals surface area contributed by atoms with Crippen molar-refractivity contribution in [3.05, 3.63) is 34.9 Å². The summed E-state index contributed by atoms with van der Waals surface area (Å²) in [6, 6.07) is 6.12. The zero-order valence-electron chi connectivity index (χ0n) is 9.68. The van der Waals surface area contributed by atoms with Crippen molar-refractivity contribution in [2.45, 2.75) is 19.4 Å². The number of benzene rings is 1. The molecule has 0 fully saturated rings. The highest BCUT2D eigenvalue weighted by molar-refractivity contribution is 6.30. The first-order chi connectivity index (χ1) is 7.91. The Morgan fingerprint density at radius 2 is 2.12 bits per heavy atom. The Hall–Kier alpha value is -1.55. The molecule has 92 valence electrons. The zero-order chi connectivity index (χ0) is 13.0. The van der Waals surface area contributed by atoms with Crippen LogP contribution in [0.4, 0.5) is 0 Å². The van der Waals surface area contributed by atoms with E-state index in [0.717, 1.165) is 5.56 Å². The Balaban J connectivity index is 2.69. The number of rotatable bonds is 4. The number of hydrogen-bond acceptors (Lipinski definition) is 2. The monoisotopic (exact) mass is 255 g/mol. The fraction of sp³-hybridized carbons (Fsp3) is 0.333. The molecule has 1 unspecified atom stereocenters. The smallest absolute Gasteiger partial charge is 0.326 e. The summed E-state index contributed by atoms with van der Waals surface area (Å²) in [5, 5.41) is 9.36. The topological polar surface area (TPSA) is 57.6 Å². The summed E-state index contributed by atoms with van der Waals surface area (Å²) in [6.07, 6.45) is 0.147. The molecule has 4 nitrogen and oxygen atoms in total. The van der Waals surface area contributed by atoms with Gasteiger partial charge in [-0.25, -0.2) is 4.79 Å². The van der Waals surface area contributed by atoms with Crippen LogP contribution in [0.2, 0.25) is 5.02 Å². The summed E-state index contributed by atoms with van der Waals surface area (Å²) in [7, 11) is 1.48. The van der Waals surface area contributed by atoms with E-state index in [0.29, 0.717) is 5.02 Å². The summed E-state index contributed by atoms with van der Waals surface area (Å²) >= 11 is 5.80. The predicted octanol–water partition coefficient (Wildman–Crippen LogP) is 1.81. The first-order valence-electron chi connectivity index (χ1n) is 5.14. The van der Waals surface area contributed by atoms with Gasteiger partial charge in [-0.2, -0.15) is 0 Å². The van der Waals surface area contributed by atoms with Gasteiger partial charge in [-0.1, -0.05) is 23.7 Å². The van der Waals surface area contributed by atoms with E-state index in [9.17, 15) is 9.59 Å². The largest absolute Gasteiger partial charge is 0.480 e. The highest BCUT2D eigenvalue weighted by atomic mass is 35.5. The van der Waals surface area contributed by atoms with Crippen LogP contribution in [0, 0.1) is 0 Å². The average Bonchev–Trinajstić information content (AvgIpc) is 2.26. The van der Waals surface area contributed by atoms with Gasteiger partial charge in [-0.15, -0.1) is 0 Å². The van der Waals surface area contributed by atoms with Gasteiger partial charge in [-0.05, 0) is 24.6 Å². The van der Waals surface area contributed by atoms with Gasteiger partial charge in [-0.3, -0.25) is 4.79 Å². The first kappa shape index (κ1) is 13.5. The average molecular weight is 256 g/mol. The van der Waals surface area contributed by atoms with Crippen molar-refractivity contribution in [2.75, 3.05) is 7.05 Å². The maximum Gasteiger partial charge on any atom is 0.326 e. The van der Waals surface area contributed by atoms with Gasteiger partial charge < -0.3 is 10.0 Å². The van der Waals surface area contributed by atoms with Crippen molar-refractivity contribution in [2.24, 2.45) is 0 Å². The molecule has 0 radical (unpaired) electrons. The van der Waals surface area contributed by atoms with Crippen LogP contribution in [0.1, 0.15) is 12.5 Å². The molecule has 17 heavy (non-hydrogen) atoms. The van der Waals surface area contributed by atoms with E-state index in [-0.39, 0.29) is 12.3 Å². The second kappa shape index (κ2) is 5.68. The Bertz CT molecular complexity index is 434. The highest BCUT2D eigenvalue weighted by Gasteiger charge is 2.21. The molecule has 0 saturated carbocycles. The zero-order valence-corrected chi connectivity index (χ0v) is 10.4. The highest BCUT2D eigenvalue weighted by Crippen LogP contribution is 2.12. The molecule has 0 saturated heterocycles. The fourth-order valence-corrected chi connectivity index (χ4v) is 1.54. The normalized spacial score (nSPS) is 11.9. The van der Waals surface area contributed by atoms with Crippen molar-refractivity contribution in [3.63, 3.8) is 0 Å². The van der Waals surface area contributed by atoms with E-state index >= 15 is 0 Å². The molecule has 0 heterocycles. The minimum absolute atomic E-state index is 0.147. The molecule has 1 rings (SSSR count). The third-order valence-corrected chi connectivity index (χ3v) is 2.81. The molecule has 1 atom stereocenters. The number of carbonyl (C=O) groups is 2. The maximum atomic E-state index is 11.8. The summed E-state index contributed by atoms with van der Waals surface area (Å²) in [5.74, 6) is -1.27. The van der Waals surface area contributed by atoms with Crippen LogP contribution in [0.3, 0.4) is 0 Å². The Labute approximate surface area is 105 Å². The molecule has 1 aromatic rings. The van der Waals surface area contributed by atoms with Gasteiger partial charge in [0.1, 0.15) is 6.04 Å². The summed E-state index contributed by atoms with van der Waals surface area (Å²) < 4.78 is 0. The Morgan fingerprint density at radius 1 is 1.47 bits per heavy atom. The summed E-state index contributed by atoms with van der Waals surface area (Å²) in [6.45, 7) is 1.47. The van der Waals surface area contributed by atoms with Crippen molar-refractivity contribution < 1.29 is 14.7 Å². The van der Waals surface area contributed by atoms with Gasteiger partial charge in [0.05, 0.1) is 6.42 Å². The number of halogens is 1. The van der Waals surface area contributed by atoms with Gasteiger partial charge >= 0.3 is 5.97 Å². The third kappa shape index (κ3) is 3.75. The second-order valence-electron chi connectivity index (χ2n) is 3.83. The number of likely N-dealkylation sites (N-methyl/N-ethyl adjacent to an activating group) is 1. The van der Waals surface area contributed by atoms with E-state index in [1.807, 2.05) is 0 Å². The van der Waals surface area contributed by atoms with Crippen LogP contribution in [-0.2, 0) is 16.0 Å². The van der Waals surface area contributed by atoms with E-state index in [2.05, 4.69) is 0 Å². The second-order valence-corrected chi connectivity index (χ2v) is 4.26. The molecule has 0 aliphatic rings. The molecule has 0 aromatic heterocycles. The number of amides is 1. The third-order valence-electron chi connectivity index (χ3n) is 2.58. The molecule has 1 amide bonds. The van der Waals surface area contributed by atoms with Gasteiger partial charge in [0, 0.05) is 12.1 Å². The fourth-order valence-electron chi connectivity index (χ4n) is 1.33. The predicted molar refractivity (Wildman–Crippen MR) is 65.0 cm³/mol. The van der Waals surface area contributed by atoms with E-state index in [4.69, 9.17) is 16.7 Å². The van der Waals surface area contributed by atoms with Crippen LogP contribution < -0.4 is 0 Å². The molecule has 0 aliphatic carbocycles. The molecule has 0 aliphatic heterocycles. The van der Waals surface area contributed by atoms with E-state index in [1.54, 1.807) is 24.3 Å². The molecule has 0 spiro atoms. The van der Waals surface area contributed by atoms with Gasteiger partial charge in [0.2, 0.25) is 5.91 Å². The lowest BCUT2D eigenvalue weighted by Crippen LogP contribution is -2.41. The van der Waals surface area contributed by atoms with Crippen LogP contribution in [-0.4, -0.2) is 35.0 Å². The lowest BCUT2D eigenvalue weighted by molar-refractivity contribution is -0.147. The van der Waals surface area contributed by atoms with Crippen LogP contribution in [0.5, 0.6) is 0 Å². The number of hydrogen-bond donors (Lipinski definition) is 1. The molecule has 1 aromatic carbocycles. The standard InChI is InChI=1S/C12H14ClNO3/c1-8(12(16)17)14(2)11(15)7-9-4-3-5-10(13)6-9/h3-6,8H,7H2,1-2H3,(H,16,17). The van der Waals surface area contributed by atoms with E-state index < -0.39 is 12.0 Å².